The Hall–Kier alpha value is -0.580. The topological polar surface area (TPSA) is 4.36 Å². The van der Waals surface area contributed by atoms with Gasteiger partial charge in [0.2, 0.25) is 0 Å². The minimum Gasteiger partial charge on any atom is -0.308 e. The molecule has 1 aliphatic carbocycles. The van der Waals surface area contributed by atoms with E-state index in [4.69, 9.17) is 6.57 Å². The zero-order valence-corrected chi connectivity index (χ0v) is 4.65. The summed E-state index contributed by atoms with van der Waals surface area (Å²) in [5, 5.41) is 0. The summed E-state index contributed by atoms with van der Waals surface area (Å²) in [6.07, 6.45) is 2.58. The molecule has 0 spiro atoms. The van der Waals surface area contributed by atoms with Gasteiger partial charge in [-0.25, -0.2) is 11.0 Å². The zero-order chi connectivity index (χ0) is 6.04. The summed E-state index contributed by atoms with van der Waals surface area (Å²) in [6.45, 7) is 6.15. The third-order valence-corrected chi connectivity index (χ3v) is 1.77. The summed E-state index contributed by atoms with van der Waals surface area (Å²) in [4.78, 5) is 3.22. The molecule has 0 aromatic carbocycles. The molecule has 2 heteroatoms. The Kier molecular flexibility index (Phi) is 1.21. The molecule has 1 saturated carbocycles. The average molecular weight is 113 g/mol. The standard InChI is InChI=1S/C6H8FN/c1-8-6(5-7)3-2-4-6/h2-5H2. The van der Waals surface area contributed by atoms with E-state index in [2.05, 4.69) is 4.85 Å². The molecule has 0 aromatic rings. The molecule has 1 nitrogen and oxygen atoms in total. The van der Waals surface area contributed by atoms with Crippen LogP contribution in [0.1, 0.15) is 19.3 Å². The highest BCUT2D eigenvalue weighted by Crippen LogP contribution is 2.35. The highest BCUT2D eigenvalue weighted by Gasteiger charge is 2.43. The molecule has 0 radical (unpaired) electrons. The molecule has 0 N–H and O–H groups in total. The van der Waals surface area contributed by atoms with Crippen molar-refractivity contribution in [2.24, 2.45) is 0 Å². The SMILES string of the molecule is [C-]#[N+]C1(CF)CCC1. The lowest BCUT2D eigenvalue weighted by Crippen LogP contribution is -2.35. The summed E-state index contributed by atoms with van der Waals surface area (Å²) >= 11 is 0. The molecule has 0 bridgehead atoms. The van der Waals surface area contributed by atoms with Gasteiger partial charge >= 0.3 is 0 Å². The lowest BCUT2D eigenvalue weighted by Gasteiger charge is -2.26. The van der Waals surface area contributed by atoms with E-state index in [0.29, 0.717) is 0 Å². The van der Waals surface area contributed by atoms with Crippen LogP contribution >= 0.6 is 0 Å². The second-order valence-electron chi connectivity index (χ2n) is 2.32. The van der Waals surface area contributed by atoms with Crippen molar-refractivity contribution in [1.82, 2.24) is 0 Å². The van der Waals surface area contributed by atoms with Crippen LogP contribution in [0.25, 0.3) is 4.85 Å². The van der Waals surface area contributed by atoms with E-state index < -0.39 is 12.2 Å². The normalized spacial score (nSPS) is 23.5. The van der Waals surface area contributed by atoms with E-state index in [1.807, 2.05) is 0 Å². The molecule has 0 unspecified atom stereocenters. The number of nitrogens with zero attached hydrogens (tertiary/aromatic N) is 1. The second kappa shape index (κ2) is 1.74. The van der Waals surface area contributed by atoms with Gasteiger partial charge in [-0.15, -0.1) is 0 Å². The molecule has 0 saturated heterocycles. The minimum absolute atomic E-state index is 0.448. The summed E-state index contributed by atoms with van der Waals surface area (Å²) in [5.41, 5.74) is -0.569. The average Bonchev–Trinajstić information content (AvgIpc) is 1.67. The van der Waals surface area contributed by atoms with Crippen molar-refractivity contribution in [3.8, 4) is 0 Å². The van der Waals surface area contributed by atoms with Crippen molar-refractivity contribution in [1.29, 1.82) is 0 Å². The first kappa shape index (κ1) is 5.55. The number of hydrogen-bond donors (Lipinski definition) is 0. The van der Waals surface area contributed by atoms with E-state index >= 15 is 0 Å². The first-order valence-corrected chi connectivity index (χ1v) is 2.78. The predicted molar refractivity (Wildman–Crippen MR) is 29.2 cm³/mol. The lowest BCUT2D eigenvalue weighted by atomic mass is 9.79. The zero-order valence-electron chi connectivity index (χ0n) is 4.65. The molecular weight excluding hydrogens is 105 g/mol. The van der Waals surface area contributed by atoms with Gasteiger partial charge in [-0.1, -0.05) is 0 Å². The predicted octanol–water partition coefficient (Wildman–Crippen LogP) is 1.80. The first-order chi connectivity index (χ1) is 3.83. The number of hydrogen-bond acceptors (Lipinski definition) is 0. The van der Waals surface area contributed by atoms with E-state index in [-0.39, 0.29) is 0 Å². The Morgan fingerprint density at radius 2 is 2.25 bits per heavy atom. The molecule has 0 aromatic heterocycles. The molecule has 0 heterocycles. The van der Waals surface area contributed by atoms with E-state index in [9.17, 15) is 4.39 Å². The van der Waals surface area contributed by atoms with Crippen LogP contribution in [0.4, 0.5) is 4.39 Å². The fourth-order valence-electron chi connectivity index (χ4n) is 0.860. The van der Waals surface area contributed by atoms with Crippen LogP contribution in [0.5, 0.6) is 0 Å². The Bertz CT molecular complexity index is 115. The third-order valence-electron chi connectivity index (χ3n) is 1.77. The molecule has 0 atom stereocenters. The first-order valence-electron chi connectivity index (χ1n) is 2.78. The van der Waals surface area contributed by atoms with E-state index in [0.717, 1.165) is 19.3 Å². The van der Waals surface area contributed by atoms with Crippen LogP contribution < -0.4 is 0 Å². The molecule has 1 rings (SSSR count). The van der Waals surface area contributed by atoms with Gasteiger partial charge in [0.25, 0.3) is 5.54 Å². The van der Waals surface area contributed by atoms with E-state index in [1.54, 1.807) is 0 Å². The van der Waals surface area contributed by atoms with Crippen LogP contribution in [0.3, 0.4) is 0 Å². The Balaban J connectivity index is 2.49. The summed E-state index contributed by atoms with van der Waals surface area (Å²) in [5.74, 6) is 0. The summed E-state index contributed by atoms with van der Waals surface area (Å²) in [6, 6.07) is 0. The monoisotopic (exact) mass is 113 g/mol. The number of rotatable bonds is 1. The maximum Gasteiger partial charge on any atom is 0.260 e. The van der Waals surface area contributed by atoms with Crippen molar-refractivity contribution in [2.75, 3.05) is 6.67 Å². The molecular formula is C6H8FN. The fraction of sp³-hybridized carbons (Fsp3) is 0.833. The van der Waals surface area contributed by atoms with Crippen molar-refractivity contribution < 1.29 is 4.39 Å². The van der Waals surface area contributed by atoms with Gasteiger partial charge < -0.3 is 4.85 Å². The van der Waals surface area contributed by atoms with Crippen LogP contribution in [0.2, 0.25) is 0 Å². The second-order valence-corrected chi connectivity index (χ2v) is 2.32. The molecule has 8 heavy (non-hydrogen) atoms. The van der Waals surface area contributed by atoms with Crippen molar-refractivity contribution in [2.45, 2.75) is 24.8 Å². The quantitative estimate of drug-likeness (QED) is 0.457. The van der Waals surface area contributed by atoms with Crippen LogP contribution in [-0.4, -0.2) is 12.2 Å². The Labute approximate surface area is 48.3 Å². The summed E-state index contributed by atoms with van der Waals surface area (Å²) < 4.78 is 11.9. The third kappa shape index (κ3) is 0.588. The van der Waals surface area contributed by atoms with Gasteiger partial charge in [-0.3, -0.25) is 0 Å². The number of alkyl halides is 1. The van der Waals surface area contributed by atoms with Gasteiger partial charge in [-0.05, 0) is 6.42 Å². The molecule has 0 amide bonds. The van der Waals surface area contributed by atoms with Crippen molar-refractivity contribution in [3.05, 3.63) is 11.4 Å². The molecule has 0 aliphatic heterocycles. The van der Waals surface area contributed by atoms with Crippen LogP contribution in [-0.2, 0) is 0 Å². The smallest absolute Gasteiger partial charge is 0.260 e. The van der Waals surface area contributed by atoms with Gasteiger partial charge in [0.1, 0.15) is 0 Å². The van der Waals surface area contributed by atoms with Crippen LogP contribution in [0.15, 0.2) is 0 Å². The highest BCUT2D eigenvalue weighted by atomic mass is 19.1. The Morgan fingerprint density at radius 3 is 2.25 bits per heavy atom. The number of halogens is 1. The lowest BCUT2D eigenvalue weighted by molar-refractivity contribution is 0.234. The van der Waals surface area contributed by atoms with Gasteiger partial charge in [-0.2, -0.15) is 0 Å². The molecule has 44 valence electrons. The maximum absolute atomic E-state index is 11.9. The highest BCUT2D eigenvalue weighted by molar-refractivity contribution is 5.04. The van der Waals surface area contributed by atoms with E-state index in [1.165, 1.54) is 0 Å². The van der Waals surface area contributed by atoms with Gasteiger partial charge in [0.15, 0.2) is 6.67 Å². The minimum atomic E-state index is -0.569. The van der Waals surface area contributed by atoms with Gasteiger partial charge in [0, 0.05) is 12.8 Å². The largest absolute Gasteiger partial charge is 0.308 e. The fourth-order valence-corrected chi connectivity index (χ4v) is 0.860. The van der Waals surface area contributed by atoms with Gasteiger partial charge in [0.05, 0.1) is 0 Å². The van der Waals surface area contributed by atoms with Crippen LogP contribution in [0, 0.1) is 6.57 Å². The van der Waals surface area contributed by atoms with Crippen molar-refractivity contribution in [3.63, 3.8) is 0 Å². The molecule has 1 fully saturated rings. The summed E-state index contributed by atoms with van der Waals surface area (Å²) in [7, 11) is 0. The molecule has 1 aliphatic rings. The Morgan fingerprint density at radius 1 is 1.62 bits per heavy atom. The van der Waals surface area contributed by atoms with Crippen molar-refractivity contribution >= 4 is 0 Å². The maximum atomic E-state index is 11.9.